The van der Waals surface area contributed by atoms with Crippen molar-refractivity contribution in [3.8, 4) is 11.6 Å². The van der Waals surface area contributed by atoms with Gasteiger partial charge < -0.3 is 8.94 Å². The van der Waals surface area contributed by atoms with Gasteiger partial charge in [0, 0.05) is 5.92 Å². The van der Waals surface area contributed by atoms with Gasteiger partial charge in [0.1, 0.15) is 17.9 Å². The van der Waals surface area contributed by atoms with Crippen LogP contribution < -0.4 is 0 Å². The highest BCUT2D eigenvalue weighted by Crippen LogP contribution is 2.42. The monoisotopic (exact) mass is 384 g/mol. The lowest BCUT2D eigenvalue weighted by atomic mass is 10.3. The molecule has 1 N–H and O–H groups in total. The number of furan rings is 1. The van der Waals surface area contributed by atoms with Crippen LogP contribution in [0.3, 0.4) is 0 Å². The minimum atomic E-state index is -0.0965. The summed E-state index contributed by atoms with van der Waals surface area (Å²) in [7, 11) is 0. The third-order valence-corrected chi connectivity index (χ3v) is 5.35. The zero-order valence-electron chi connectivity index (χ0n) is 14.4. The van der Waals surface area contributed by atoms with E-state index in [-0.39, 0.29) is 5.25 Å². The molecule has 0 bridgehead atoms. The fourth-order valence-corrected chi connectivity index (χ4v) is 3.64. The van der Waals surface area contributed by atoms with E-state index in [1.165, 1.54) is 18.1 Å². The molecule has 1 fully saturated rings. The van der Waals surface area contributed by atoms with Gasteiger partial charge in [-0.05, 0) is 31.9 Å². The smallest absolute Gasteiger partial charge is 0.240 e. The van der Waals surface area contributed by atoms with E-state index in [4.69, 9.17) is 8.94 Å². The van der Waals surface area contributed by atoms with Crippen molar-refractivity contribution in [2.75, 3.05) is 0 Å². The summed E-state index contributed by atoms with van der Waals surface area (Å²) in [5.74, 6) is 3.71. The molecule has 0 aliphatic heterocycles. The zero-order valence-corrected chi connectivity index (χ0v) is 15.3. The Morgan fingerprint density at radius 1 is 1.37 bits per heavy atom. The molecule has 4 aromatic rings. The molecule has 4 aromatic heterocycles. The van der Waals surface area contributed by atoms with Crippen LogP contribution in [0.2, 0.25) is 0 Å². The van der Waals surface area contributed by atoms with Crippen molar-refractivity contribution in [2.24, 2.45) is 0 Å². The van der Waals surface area contributed by atoms with E-state index < -0.39 is 0 Å². The number of aromatic amines is 1. The highest BCUT2D eigenvalue weighted by atomic mass is 32.2. The molecule has 1 saturated carbocycles. The molecule has 0 amide bonds. The number of rotatable bonds is 7. The van der Waals surface area contributed by atoms with Gasteiger partial charge in [-0.1, -0.05) is 16.9 Å². The van der Waals surface area contributed by atoms with Crippen molar-refractivity contribution < 1.29 is 8.94 Å². The third kappa shape index (κ3) is 3.25. The van der Waals surface area contributed by atoms with Crippen molar-refractivity contribution in [3.05, 3.63) is 42.2 Å². The van der Waals surface area contributed by atoms with Crippen molar-refractivity contribution >= 4 is 11.8 Å². The lowest BCUT2D eigenvalue weighted by Crippen LogP contribution is -2.06. The van der Waals surface area contributed by atoms with Gasteiger partial charge in [0.25, 0.3) is 0 Å². The normalized spacial score (nSPS) is 15.3. The van der Waals surface area contributed by atoms with Crippen LogP contribution in [0.4, 0.5) is 0 Å². The number of H-pyrrole nitrogens is 1. The van der Waals surface area contributed by atoms with E-state index in [1.807, 2.05) is 19.1 Å². The first-order valence-electron chi connectivity index (χ1n) is 8.59. The molecule has 1 aliphatic carbocycles. The van der Waals surface area contributed by atoms with Crippen molar-refractivity contribution in [1.29, 1.82) is 0 Å². The number of aromatic nitrogens is 8. The highest BCUT2D eigenvalue weighted by molar-refractivity contribution is 7.99. The second-order valence-corrected chi connectivity index (χ2v) is 7.64. The Hall–Kier alpha value is -2.95. The van der Waals surface area contributed by atoms with E-state index in [0.717, 1.165) is 29.6 Å². The number of nitrogens with zero attached hydrogens (tertiary/aromatic N) is 7. The van der Waals surface area contributed by atoms with Crippen LogP contribution in [0.15, 0.2) is 38.8 Å². The number of hydrogen-bond acceptors (Lipinski definition) is 9. The van der Waals surface area contributed by atoms with Crippen LogP contribution in [0.25, 0.3) is 11.6 Å². The summed E-state index contributed by atoms with van der Waals surface area (Å²) in [6.45, 7) is 2.60. The fraction of sp³-hybridized carbons (Fsp3) is 0.375. The van der Waals surface area contributed by atoms with Gasteiger partial charge in [-0.2, -0.15) is 10.1 Å². The molecule has 138 valence electrons. The van der Waals surface area contributed by atoms with Crippen LogP contribution in [0.5, 0.6) is 0 Å². The molecule has 10 nitrogen and oxygen atoms in total. The van der Waals surface area contributed by atoms with Gasteiger partial charge >= 0.3 is 0 Å². The molecule has 1 atom stereocenters. The fourth-order valence-electron chi connectivity index (χ4n) is 2.76. The molecule has 0 spiro atoms. The van der Waals surface area contributed by atoms with Crippen LogP contribution >= 0.6 is 11.8 Å². The van der Waals surface area contributed by atoms with Gasteiger partial charge in [-0.25, -0.2) is 4.98 Å². The summed E-state index contributed by atoms with van der Waals surface area (Å²) in [5, 5.41) is 20.0. The van der Waals surface area contributed by atoms with Crippen molar-refractivity contribution in [2.45, 2.75) is 42.6 Å². The summed E-state index contributed by atoms with van der Waals surface area (Å²) in [4.78, 5) is 8.43. The van der Waals surface area contributed by atoms with Crippen LogP contribution in [-0.4, -0.2) is 40.1 Å². The maximum atomic E-state index is 5.51. The Morgan fingerprint density at radius 3 is 3.04 bits per heavy atom. The molecule has 11 heteroatoms. The largest absolute Gasteiger partial charge is 0.467 e. The third-order valence-electron chi connectivity index (χ3n) is 4.28. The Balaban J connectivity index is 1.38. The molecule has 0 radical (unpaired) electrons. The average Bonchev–Trinajstić information content (AvgIpc) is 3.19. The standard InChI is InChI=1S/C16H16N8O2S/c1-9(15-19-13(23-26-15)12-17-8-18-20-12)27-16-22-21-14(10-4-5-10)24(16)7-11-3-2-6-25-11/h2-3,6,8-10H,4-5,7H2,1H3,(H,17,18,20)/t9-/m0/s1. The molecule has 1 aliphatic rings. The van der Waals surface area contributed by atoms with Crippen LogP contribution in [-0.2, 0) is 6.54 Å². The van der Waals surface area contributed by atoms with Gasteiger partial charge in [0.15, 0.2) is 11.0 Å². The second-order valence-electron chi connectivity index (χ2n) is 6.33. The molecule has 4 heterocycles. The minimum absolute atomic E-state index is 0.0965. The lowest BCUT2D eigenvalue weighted by molar-refractivity contribution is 0.380. The average molecular weight is 384 g/mol. The first kappa shape index (κ1) is 16.2. The first-order valence-corrected chi connectivity index (χ1v) is 9.47. The predicted octanol–water partition coefficient (Wildman–Crippen LogP) is 2.82. The Labute approximate surface area is 157 Å². The summed E-state index contributed by atoms with van der Waals surface area (Å²) >= 11 is 1.53. The van der Waals surface area contributed by atoms with E-state index in [0.29, 0.717) is 30.0 Å². The van der Waals surface area contributed by atoms with Crippen LogP contribution in [0.1, 0.15) is 48.4 Å². The van der Waals surface area contributed by atoms with E-state index in [2.05, 4.69) is 40.1 Å². The minimum Gasteiger partial charge on any atom is -0.467 e. The van der Waals surface area contributed by atoms with Crippen molar-refractivity contribution in [3.63, 3.8) is 0 Å². The van der Waals surface area contributed by atoms with Gasteiger partial charge in [-0.3, -0.25) is 9.67 Å². The summed E-state index contributed by atoms with van der Waals surface area (Å²) in [5.41, 5.74) is 0. The van der Waals surface area contributed by atoms with E-state index in [9.17, 15) is 0 Å². The predicted molar refractivity (Wildman–Crippen MR) is 93.8 cm³/mol. The van der Waals surface area contributed by atoms with E-state index >= 15 is 0 Å². The number of hydrogen-bond donors (Lipinski definition) is 1. The molecule has 0 saturated heterocycles. The van der Waals surface area contributed by atoms with Gasteiger partial charge in [0.05, 0.1) is 18.1 Å². The Kier molecular flexibility index (Phi) is 4.00. The SMILES string of the molecule is C[C@H](Sc1nnc(C2CC2)n1Cc1ccco1)c1nc(-c2ncn[nH]2)no1. The van der Waals surface area contributed by atoms with Crippen LogP contribution in [0, 0.1) is 0 Å². The highest BCUT2D eigenvalue weighted by Gasteiger charge is 2.31. The summed E-state index contributed by atoms with van der Waals surface area (Å²) < 4.78 is 13.0. The zero-order chi connectivity index (χ0) is 18.2. The maximum Gasteiger partial charge on any atom is 0.240 e. The molecule has 0 aromatic carbocycles. The molecular formula is C16H16N8O2S. The van der Waals surface area contributed by atoms with Crippen molar-refractivity contribution in [1.82, 2.24) is 40.1 Å². The van der Waals surface area contributed by atoms with E-state index in [1.54, 1.807) is 6.26 Å². The molecule has 0 unspecified atom stereocenters. The topological polar surface area (TPSA) is 124 Å². The summed E-state index contributed by atoms with van der Waals surface area (Å²) in [6.07, 6.45) is 5.39. The van der Waals surface area contributed by atoms with Gasteiger partial charge in [-0.15, -0.1) is 10.2 Å². The lowest BCUT2D eigenvalue weighted by Gasteiger charge is -2.10. The van der Waals surface area contributed by atoms with Gasteiger partial charge in [0.2, 0.25) is 11.7 Å². The molecule has 27 heavy (non-hydrogen) atoms. The molecular weight excluding hydrogens is 368 g/mol. The Bertz CT molecular complexity index is 1020. The first-order chi connectivity index (χ1) is 13.3. The molecule has 5 rings (SSSR count). The quantitative estimate of drug-likeness (QED) is 0.479. The second kappa shape index (κ2) is 6.65. The summed E-state index contributed by atoms with van der Waals surface area (Å²) in [6, 6.07) is 3.84. The maximum absolute atomic E-state index is 5.51. The number of nitrogens with one attached hydrogen (secondary N) is 1. The Morgan fingerprint density at radius 2 is 2.30 bits per heavy atom. The number of thioether (sulfide) groups is 1.